The molecule has 2 aliphatic rings. The van der Waals surface area contributed by atoms with E-state index >= 15 is 0 Å². The zero-order valence-electron chi connectivity index (χ0n) is 22.7. The number of hydrogen-bond acceptors (Lipinski definition) is 9. The van der Waals surface area contributed by atoms with Gasteiger partial charge in [-0.3, -0.25) is 9.78 Å². The van der Waals surface area contributed by atoms with E-state index < -0.39 is 9.84 Å². The minimum atomic E-state index is -3.50. The van der Waals surface area contributed by atoms with Gasteiger partial charge in [0, 0.05) is 36.2 Å². The second-order valence-electron chi connectivity index (χ2n) is 10.3. The Hall–Kier alpha value is -3.93. The summed E-state index contributed by atoms with van der Waals surface area (Å²) < 4.78 is 35.9. The van der Waals surface area contributed by atoms with Crippen molar-refractivity contribution < 1.29 is 22.7 Å². The van der Waals surface area contributed by atoms with Crippen LogP contribution in [-0.4, -0.2) is 67.9 Å². The number of aromatic nitrogens is 3. The highest BCUT2D eigenvalue weighted by Gasteiger charge is 2.24. The van der Waals surface area contributed by atoms with Crippen molar-refractivity contribution in [3.63, 3.8) is 0 Å². The molecule has 11 heteroatoms. The van der Waals surface area contributed by atoms with E-state index in [2.05, 4.69) is 22.1 Å². The van der Waals surface area contributed by atoms with Crippen molar-refractivity contribution in [1.82, 2.24) is 20.3 Å². The van der Waals surface area contributed by atoms with Gasteiger partial charge in [-0.05, 0) is 55.0 Å². The van der Waals surface area contributed by atoms with Crippen LogP contribution in [0.2, 0.25) is 0 Å². The predicted octanol–water partition coefficient (Wildman–Crippen LogP) is 3.40. The van der Waals surface area contributed by atoms with E-state index in [-0.39, 0.29) is 41.9 Å². The number of benzene rings is 1. The van der Waals surface area contributed by atoms with Gasteiger partial charge in [0.1, 0.15) is 5.82 Å². The van der Waals surface area contributed by atoms with Crippen LogP contribution in [0.25, 0.3) is 22.3 Å². The lowest BCUT2D eigenvalue weighted by Crippen LogP contribution is -2.39. The van der Waals surface area contributed by atoms with Gasteiger partial charge in [-0.15, -0.1) is 0 Å². The molecule has 5 heterocycles. The van der Waals surface area contributed by atoms with Crippen LogP contribution in [0.1, 0.15) is 28.5 Å². The fourth-order valence-electron chi connectivity index (χ4n) is 4.96. The summed E-state index contributed by atoms with van der Waals surface area (Å²) in [4.78, 5) is 29.5. The lowest BCUT2D eigenvalue weighted by Gasteiger charge is -2.32. The van der Waals surface area contributed by atoms with Crippen LogP contribution in [0.3, 0.4) is 0 Å². The Kier molecular flexibility index (Phi) is 7.65. The highest BCUT2D eigenvalue weighted by Crippen LogP contribution is 2.25. The van der Waals surface area contributed by atoms with E-state index in [9.17, 15) is 13.2 Å². The number of fused-ring (bicyclic) bond motifs is 2. The first-order valence-corrected chi connectivity index (χ1v) is 15.3. The topological polar surface area (TPSA) is 124 Å². The number of sulfone groups is 1. The van der Waals surface area contributed by atoms with Crippen LogP contribution in [-0.2, 0) is 32.5 Å². The predicted molar refractivity (Wildman–Crippen MR) is 154 cm³/mol. The Morgan fingerprint density at radius 2 is 1.90 bits per heavy atom. The molecule has 2 aliphatic heterocycles. The molecule has 4 aromatic rings. The molecule has 0 radical (unpaired) electrons. The van der Waals surface area contributed by atoms with Crippen LogP contribution < -0.4 is 10.2 Å². The molecule has 0 spiro atoms. The van der Waals surface area contributed by atoms with Crippen molar-refractivity contribution in [2.45, 2.75) is 25.0 Å². The summed E-state index contributed by atoms with van der Waals surface area (Å²) in [6.07, 6.45) is 1.73. The second-order valence-corrected chi connectivity index (χ2v) is 12.3. The highest BCUT2D eigenvalue weighted by atomic mass is 32.2. The van der Waals surface area contributed by atoms with Crippen LogP contribution in [0.15, 0.2) is 65.7 Å². The standard InChI is InChI=1S/C30H31N5O5S/c1-2-35(16-20-17-40-18-20)29-5-3-4-25(34-29)26-9-8-22-14-31-24(13-27(22)33-26)15-32-30(36)21-6-7-23-19-39-10-11-41(37,38)28(23)12-21/h3-9,12-14,20H,2,10-11,15-19H2,1H3,(H,32,36). The number of ether oxygens (including phenoxy) is 2. The SMILES string of the molecule is CCN(CC1COC1)c1cccc(-c2ccc3cnc(CNC(=O)c4ccc5c(c4)S(=O)(=O)CCOC5)cc3n2)n1. The average molecular weight is 574 g/mol. The molecule has 0 unspecified atom stereocenters. The van der Waals surface area contributed by atoms with E-state index in [4.69, 9.17) is 19.4 Å². The van der Waals surface area contributed by atoms with E-state index in [1.807, 2.05) is 36.4 Å². The number of amides is 1. The molecule has 1 saturated heterocycles. The first kappa shape index (κ1) is 27.3. The molecule has 1 aromatic carbocycles. The Morgan fingerprint density at radius 1 is 1.05 bits per heavy atom. The third-order valence-electron chi connectivity index (χ3n) is 7.37. The van der Waals surface area contributed by atoms with E-state index in [0.29, 0.717) is 17.2 Å². The zero-order chi connectivity index (χ0) is 28.4. The summed E-state index contributed by atoms with van der Waals surface area (Å²) in [7, 11) is -3.50. The number of pyridine rings is 3. The quantitative estimate of drug-likeness (QED) is 0.338. The number of carbonyl (C=O) groups is 1. The molecule has 41 heavy (non-hydrogen) atoms. The summed E-state index contributed by atoms with van der Waals surface area (Å²) in [6.45, 7) is 5.99. The number of carbonyl (C=O) groups excluding carboxylic acids is 1. The van der Waals surface area contributed by atoms with Gasteiger partial charge < -0.3 is 19.7 Å². The maximum absolute atomic E-state index is 12.9. The normalized spacial score (nSPS) is 16.4. The number of nitrogens with zero attached hydrogens (tertiary/aromatic N) is 4. The van der Waals surface area contributed by atoms with Crippen LogP contribution in [0, 0.1) is 5.92 Å². The maximum atomic E-state index is 12.9. The summed E-state index contributed by atoms with van der Waals surface area (Å²) in [5.74, 6) is 0.958. The second kappa shape index (κ2) is 11.5. The molecule has 1 N–H and O–H groups in total. The largest absolute Gasteiger partial charge is 0.381 e. The number of nitrogens with one attached hydrogen (secondary N) is 1. The van der Waals surface area contributed by atoms with Gasteiger partial charge in [0.15, 0.2) is 9.84 Å². The van der Waals surface area contributed by atoms with Crippen molar-refractivity contribution in [2.75, 3.05) is 43.6 Å². The average Bonchev–Trinajstić information content (AvgIpc) is 3.12. The van der Waals surface area contributed by atoms with Crippen molar-refractivity contribution in [1.29, 1.82) is 0 Å². The number of anilines is 1. The molecule has 3 aromatic heterocycles. The minimum absolute atomic E-state index is 0.104. The first-order chi connectivity index (χ1) is 19.9. The summed E-state index contributed by atoms with van der Waals surface area (Å²) in [5, 5.41) is 3.72. The third kappa shape index (κ3) is 5.92. The molecule has 212 valence electrons. The Labute approximate surface area is 238 Å². The van der Waals surface area contributed by atoms with Gasteiger partial charge in [0.2, 0.25) is 0 Å². The Bertz CT molecular complexity index is 1710. The van der Waals surface area contributed by atoms with Gasteiger partial charge in [-0.25, -0.2) is 18.4 Å². The molecular formula is C30H31N5O5S. The smallest absolute Gasteiger partial charge is 0.251 e. The molecule has 1 amide bonds. The lowest BCUT2D eigenvalue weighted by atomic mass is 10.1. The summed E-state index contributed by atoms with van der Waals surface area (Å²) >= 11 is 0. The Balaban J connectivity index is 1.18. The third-order valence-corrected chi connectivity index (χ3v) is 9.12. The number of hydrogen-bond donors (Lipinski definition) is 1. The summed E-state index contributed by atoms with van der Waals surface area (Å²) in [5.41, 5.74) is 3.73. The van der Waals surface area contributed by atoms with Crippen molar-refractivity contribution >= 4 is 32.5 Å². The molecule has 0 saturated carbocycles. The van der Waals surface area contributed by atoms with E-state index in [1.54, 1.807) is 18.3 Å². The molecule has 10 nitrogen and oxygen atoms in total. The van der Waals surface area contributed by atoms with E-state index in [0.717, 1.165) is 54.4 Å². The zero-order valence-corrected chi connectivity index (χ0v) is 23.6. The minimum Gasteiger partial charge on any atom is -0.381 e. The van der Waals surface area contributed by atoms with Crippen LogP contribution >= 0.6 is 0 Å². The molecule has 0 bridgehead atoms. The van der Waals surface area contributed by atoms with Gasteiger partial charge in [-0.2, -0.15) is 0 Å². The highest BCUT2D eigenvalue weighted by molar-refractivity contribution is 7.91. The fourth-order valence-corrected chi connectivity index (χ4v) is 6.35. The van der Waals surface area contributed by atoms with Crippen molar-refractivity contribution in [3.05, 3.63) is 77.6 Å². The fraction of sp³-hybridized carbons (Fsp3) is 0.333. The molecule has 1 fully saturated rings. The molecule has 6 rings (SSSR count). The van der Waals surface area contributed by atoms with Gasteiger partial charge >= 0.3 is 0 Å². The maximum Gasteiger partial charge on any atom is 0.251 e. The van der Waals surface area contributed by atoms with Gasteiger partial charge in [-0.1, -0.05) is 12.1 Å². The van der Waals surface area contributed by atoms with Crippen LogP contribution in [0.5, 0.6) is 0 Å². The lowest BCUT2D eigenvalue weighted by molar-refractivity contribution is -0.0276. The molecular weight excluding hydrogens is 542 g/mol. The van der Waals surface area contributed by atoms with Crippen molar-refractivity contribution in [3.8, 4) is 11.4 Å². The van der Waals surface area contributed by atoms with Gasteiger partial charge in [0.25, 0.3) is 5.91 Å². The van der Waals surface area contributed by atoms with Gasteiger partial charge in [0.05, 0.1) is 66.2 Å². The van der Waals surface area contributed by atoms with Crippen molar-refractivity contribution in [2.24, 2.45) is 5.92 Å². The summed E-state index contributed by atoms with van der Waals surface area (Å²) in [6, 6.07) is 16.4. The Morgan fingerprint density at radius 3 is 2.71 bits per heavy atom. The molecule has 0 aliphatic carbocycles. The molecule has 0 atom stereocenters. The monoisotopic (exact) mass is 573 g/mol. The first-order valence-electron chi connectivity index (χ1n) is 13.7. The number of rotatable bonds is 8. The van der Waals surface area contributed by atoms with E-state index in [1.165, 1.54) is 6.07 Å². The van der Waals surface area contributed by atoms with Crippen LogP contribution in [0.4, 0.5) is 5.82 Å².